The van der Waals surface area contributed by atoms with Gasteiger partial charge in [0.25, 0.3) is 0 Å². The summed E-state index contributed by atoms with van der Waals surface area (Å²) in [6, 6.07) is 9.99. The van der Waals surface area contributed by atoms with Crippen LogP contribution in [0.1, 0.15) is 20.3 Å². The van der Waals surface area contributed by atoms with Gasteiger partial charge in [0.05, 0.1) is 5.69 Å². The van der Waals surface area contributed by atoms with Crippen LogP contribution in [-0.4, -0.2) is 5.71 Å². The van der Waals surface area contributed by atoms with Crippen molar-refractivity contribution in [1.29, 1.82) is 0 Å². The third kappa shape index (κ3) is 3.70. The van der Waals surface area contributed by atoms with Gasteiger partial charge in [-0.15, -0.1) is 0 Å². The van der Waals surface area contributed by atoms with Gasteiger partial charge in [-0.3, -0.25) is 4.99 Å². The Morgan fingerprint density at radius 2 is 2.00 bits per heavy atom. The largest absolute Gasteiger partial charge is 0.254 e. The number of hydrogen-bond acceptors (Lipinski definition) is 1. The summed E-state index contributed by atoms with van der Waals surface area (Å²) in [5.74, 6) is 0. The lowest BCUT2D eigenvalue weighted by molar-refractivity contribution is 1.23. The molecule has 0 aliphatic carbocycles. The molecule has 0 radical (unpaired) electrons. The van der Waals surface area contributed by atoms with Crippen molar-refractivity contribution in [2.24, 2.45) is 4.99 Å². The minimum atomic E-state index is 1.01. The third-order valence-corrected chi connectivity index (χ3v) is 1.66. The van der Waals surface area contributed by atoms with Crippen LogP contribution < -0.4 is 0 Å². The summed E-state index contributed by atoms with van der Waals surface area (Å²) >= 11 is 0. The zero-order valence-electron chi connectivity index (χ0n) is 8.20. The lowest BCUT2D eigenvalue weighted by Gasteiger charge is -1.93. The normalized spacial score (nSPS) is 12.3. The second-order valence-electron chi connectivity index (χ2n) is 2.90. The molecule has 0 unspecified atom stereocenters. The summed E-state index contributed by atoms with van der Waals surface area (Å²) in [5.41, 5.74) is 2.06. The van der Waals surface area contributed by atoms with Gasteiger partial charge in [-0.2, -0.15) is 0 Å². The van der Waals surface area contributed by atoms with Crippen molar-refractivity contribution in [2.75, 3.05) is 0 Å². The molecule has 0 spiro atoms. The number of hydrogen-bond donors (Lipinski definition) is 0. The Morgan fingerprint density at radius 1 is 1.31 bits per heavy atom. The standard InChI is InChI=1S/C12H15N/c1-3-4-8-11(2)13-12-9-6-5-7-10-12/h4-10H,3H2,1-2H3/b8-4-,13-11-. The first-order valence-electron chi connectivity index (χ1n) is 4.60. The molecule has 0 fully saturated rings. The summed E-state index contributed by atoms with van der Waals surface area (Å²) < 4.78 is 0. The minimum Gasteiger partial charge on any atom is -0.254 e. The number of aliphatic imine (C=N–C) groups is 1. The van der Waals surface area contributed by atoms with Gasteiger partial charge in [-0.1, -0.05) is 31.2 Å². The summed E-state index contributed by atoms with van der Waals surface area (Å²) in [6.07, 6.45) is 5.22. The highest BCUT2D eigenvalue weighted by molar-refractivity contribution is 5.94. The zero-order chi connectivity index (χ0) is 9.52. The third-order valence-electron chi connectivity index (χ3n) is 1.66. The predicted molar refractivity (Wildman–Crippen MR) is 58.6 cm³/mol. The summed E-state index contributed by atoms with van der Waals surface area (Å²) in [4.78, 5) is 4.43. The van der Waals surface area contributed by atoms with Crippen molar-refractivity contribution < 1.29 is 0 Å². The van der Waals surface area contributed by atoms with Gasteiger partial charge in [0.1, 0.15) is 0 Å². The second-order valence-corrected chi connectivity index (χ2v) is 2.90. The van der Waals surface area contributed by atoms with Crippen molar-refractivity contribution >= 4 is 11.4 Å². The van der Waals surface area contributed by atoms with Crippen LogP contribution in [0.5, 0.6) is 0 Å². The van der Waals surface area contributed by atoms with Crippen LogP contribution in [0.3, 0.4) is 0 Å². The number of rotatable bonds is 3. The van der Waals surface area contributed by atoms with Crippen LogP contribution in [0.15, 0.2) is 47.5 Å². The van der Waals surface area contributed by atoms with Gasteiger partial charge in [-0.25, -0.2) is 0 Å². The molecule has 68 valence electrons. The molecule has 0 aliphatic rings. The fourth-order valence-electron chi connectivity index (χ4n) is 1.03. The van der Waals surface area contributed by atoms with E-state index < -0.39 is 0 Å². The summed E-state index contributed by atoms with van der Waals surface area (Å²) in [6.45, 7) is 4.13. The quantitative estimate of drug-likeness (QED) is 0.617. The Morgan fingerprint density at radius 3 is 2.62 bits per heavy atom. The molecule has 0 amide bonds. The minimum absolute atomic E-state index is 1.01. The molecule has 1 aromatic rings. The molecule has 1 aromatic carbocycles. The fourth-order valence-corrected chi connectivity index (χ4v) is 1.03. The van der Waals surface area contributed by atoms with E-state index in [1.165, 1.54) is 0 Å². The fraction of sp³-hybridized carbons (Fsp3) is 0.250. The lowest BCUT2D eigenvalue weighted by Crippen LogP contribution is -1.81. The summed E-state index contributed by atoms with van der Waals surface area (Å²) in [5, 5.41) is 0. The van der Waals surface area contributed by atoms with E-state index in [4.69, 9.17) is 0 Å². The van der Waals surface area contributed by atoms with Crippen molar-refractivity contribution in [3.8, 4) is 0 Å². The van der Waals surface area contributed by atoms with E-state index in [0.717, 1.165) is 17.8 Å². The topological polar surface area (TPSA) is 12.4 Å². The molecule has 0 aliphatic heterocycles. The van der Waals surface area contributed by atoms with Gasteiger partial charge in [-0.05, 0) is 31.6 Å². The van der Waals surface area contributed by atoms with E-state index in [9.17, 15) is 0 Å². The maximum atomic E-state index is 4.43. The van der Waals surface area contributed by atoms with E-state index in [2.05, 4.69) is 18.0 Å². The van der Waals surface area contributed by atoms with Crippen LogP contribution in [0, 0.1) is 0 Å². The Hall–Kier alpha value is -1.37. The van der Waals surface area contributed by atoms with Gasteiger partial charge < -0.3 is 0 Å². The first kappa shape index (κ1) is 9.72. The molecule has 0 bridgehead atoms. The monoisotopic (exact) mass is 173 g/mol. The molecule has 0 N–H and O–H groups in total. The highest BCUT2D eigenvalue weighted by Gasteiger charge is 1.86. The molecular weight excluding hydrogens is 158 g/mol. The molecule has 1 rings (SSSR count). The van der Waals surface area contributed by atoms with E-state index in [0.29, 0.717) is 0 Å². The van der Waals surface area contributed by atoms with Crippen LogP contribution >= 0.6 is 0 Å². The Bertz CT molecular complexity index is 296. The van der Waals surface area contributed by atoms with Gasteiger partial charge >= 0.3 is 0 Å². The maximum Gasteiger partial charge on any atom is 0.0632 e. The first-order chi connectivity index (χ1) is 6.33. The van der Waals surface area contributed by atoms with Crippen LogP contribution in [0.25, 0.3) is 0 Å². The van der Waals surface area contributed by atoms with Crippen LogP contribution in [0.2, 0.25) is 0 Å². The number of allylic oxidation sites excluding steroid dienone is 2. The molecule has 0 aromatic heterocycles. The van der Waals surface area contributed by atoms with E-state index in [1.54, 1.807) is 0 Å². The Balaban J connectivity index is 2.71. The molecule has 0 atom stereocenters. The van der Waals surface area contributed by atoms with Crippen molar-refractivity contribution in [1.82, 2.24) is 0 Å². The molecule has 1 heteroatoms. The molecule has 13 heavy (non-hydrogen) atoms. The molecule has 0 heterocycles. The molecular formula is C12H15N. The number of para-hydroxylation sites is 1. The van der Waals surface area contributed by atoms with E-state index in [1.807, 2.05) is 43.3 Å². The predicted octanol–water partition coefficient (Wildman–Crippen LogP) is 3.75. The lowest BCUT2D eigenvalue weighted by atomic mass is 10.3. The number of nitrogens with zero attached hydrogens (tertiary/aromatic N) is 1. The van der Waals surface area contributed by atoms with Crippen molar-refractivity contribution in [2.45, 2.75) is 20.3 Å². The smallest absolute Gasteiger partial charge is 0.0632 e. The zero-order valence-corrected chi connectivity index (χ0v) is 8.20. The maximum absolute atomic E-state index is 4.43. The molecule has 0 saturated carbocycles. The summed E-state index contributed by atoms with van der Waals surface area (Å²) in [7, 11) is 0. The van der Waals surface area contributed by atoms with Gasteiger partial charge in [0, 0.05) is 5.71 Å². The average molecular weight is 173 g/mol. The Kier molecular flexibility index (Phi) is 3.97. The number of benzene rings is 1. The highest BCUT2D eigenvalue weighted by atomic mass is 14.7. The second kappa shape index (κ2) is 5.31. The van der Waals surface area contributed by atoms with Crippen molar-refractivity contribution in [3.63, 3.8) is 0 Å². The van der Waals surface area contributed by atoms with Crippen molar-refractivity contribution in [3.05, 3.63) is 42.5 Å². The molecule has 1 nitrogen and oxygen atoms in total. The van der Waals surface area contributed by atoms with Gasteiger partial charge in [0.2, 0.25) is 0 Å². The van der Waals surface area contributed by atoms with Gasteiger partial charge in [0.15, 0.2) is 0 Å². The SMILES string of the molecule is CC/C=C\C(C)=N/c1ccccc1. The highest BCUT2D eigenvalue weighted by Crippen LogP contribution is 2.10. The average Bonchev–Trinajstić information content (AvgIpc) is 2.16. The first-order valence-corrected chi connectivity index (χ1v) is 4.60. The van der Waals surface area contributed by atoms with E-state index >= 15 is 0 Å². The molecule has 0 saturated heterocycles. The Labute approximate surface area is 79.8 Å². The van der Waals surface area contributed by atoms with Crippen LogP contribution in [-0.2, 0) is 0 Å². The van der Waals surface area contributed by atoms with Crippen LogP contribution in [0.4, 0.5) is 5.69 Å². The van der Waals surface area contributed by atoms with E-state index in [-0.39, 0.29) is 0 Å².